The van der Waals surface area contributed by atoms with Gasteiger partial charge in [0.2, 0.25) is 5.95 Å². The van der Waals surface area contributed by atoms with Crippen molar-refractivity contribution in [3.05, 3.63) is 42.2 Å². The molecule has 1 amide bonds. The number of methoxy groups -OCH3 is 1. The van der Waals surface area contributed by atoms with Crippen LogP contribution < -0.4 is 15.5 Å². The lowest BCUT2D eigenvalue weighted by Gasteiger charge is -2.19. The summed E-state index contributed by atoms with van der Waals surface area (Å²) in [6.07, 6.45) is 4.10. The van der Waals surface area contributed by atoms with E-state index < -0.39 is 6.09 Å². The van der Waals surface area contributed by atoms with Crippen molar-refractivity contribution in [2.75, 3.05) is 48.9 Å². The van der Waals surface area contributed by atoms with Gasteiger partial charge in [0, 0.05) is 37.8 Å². The van der Waals surface area contributed by atoms with Gasteiger partial charge in [-0.15, -0.1) is 0 Å². The van der Waals surface area contributed by atoms with Crippen LogP contribution in [0.2, 0.25) is 0 Å². The molecular weight excluding hydrogens is 492 g/mol. The van der Waals surface area contributed by atoms with E-state index in [4.69, 9.17) is 19.4 Å². The molecule has 0 radical (unpaired) electrons. The van der Waals surface area contributed by atoms with Crippen LogP contribution in [0.25, 0.3) is 10.6 Å². The fourth-order valence-electron chi connectivity index (χ4n) is 4.04. The van der Waals surface area contributed by atoms with E-state index in [1.807, 2.05) is 6.07 Å². The number of aromatic nitrogens is 3. The number of ether oxygens (including phenoxy) is 2. The van der Waals surface area contributed by atoms with Crippen molar-refractivity contribution in [2.45, 2.75) is 45.1 Å². The van der Waals surface area contributed by atoms with E-state index in [0.717, 1.165) is 59.5 Å². The summed E-state index contributed by atoms with van der Waals surface area (Å²) >= 11 is 1.60. The van der Waals surface area contributed by atoms with E-state index in [9.17, 15) is 9.90 Å². The van der Waals surface area contributed by atoms with Crippen LogP contribution in [0.4, 0.5) is 27.2 Å². The lowest BCUT2D eigenvalue weighted by molar-refractivity contribution is 0.120. The molecule has 198 valence electrons. The first kappa shape index (κ1) is 26.8. The Morgan fingerprint density at radius 1 is 1.30 bits per heavy atom. The molecule has 1 aliphatic heterocycles. The second kappa shape index (κ2) is 12.8. The molecule has 3 aromatic rings. The zero-order valence-corrected chi connectivity index (χ0v) is 22.3. The van der Waals surface area contributed by atoms with Gasteiger partial charge in [-0.1, -0.05) is 25.2 Å². The summed E-state index contributed by atoms with van der Waals surface area (Å²) in [5.74, 6) is 0.746. The highest BCUT2D eigenvalue weighted by Gasteiger charge is 2.21. The van der Waals surface area contributed by atoms with Crippen molar-refractivity contribution < 1.29 is 19.4 Å². The number of hydrogen-bond acceptors (Lipinski definition) is 9. The first-order chi connectivity index (χ1) is 18.0. The Kier molecular flexibility index (Phi) is 9.26. The molecule has 1 aliphatic rings. The molecule has 0 bridgehead atoms. The minimum atomic E-state index is -1.03. The largest absolute Gasteiger partial charge is 0.465 e. The summed E-state index contributed by atoms with van der Waals surface area (Å²) in [6, 6.07) is 8.99. The molecule has 0 saturated carbocycles. The van der Waals surface area contributed by atoms with Gasteiger partial charge in [0.1, 0.15) is 0 Å². The monoisotopic (exact) mass is 526 g/mol. The second-order valence-electron chi connectivity index (χ2n) is 8.92. The summed E-state index contributed by atoms with van der Waals surface area (Å²) in [7, 11) is 1.54. The lowest BCUT2D eigenvalue weighted by atomic mass is 10.0. The van der Waals surface area contributed by atoms with Gasteiger partial charge in [0.15, 0.2) is 5.13 Å². The molecule has 2 aromatic heterocycles. The molecule has 37 heavy (non-hydrogen) atoms. The number of amides is 1. The molecule has 1 fully saturated rings. The molecule has 2 atom stereocenters. The summed E-state index contributed by atoms with van der Waals surface area (Å²) in [5, 5.41) is 17.0. The normalized spacial score (nSPS) is 15.9. The van der Waals surface area contributed by atoms with Crippen molar-refractivity contribution in [3.8, 4) is 10.6 Å². The number of carbonyl (C=O) groups is 1. The van der Waals surface area contributed by atoms with Crippen LogP contribution in [-0.4, -0.2) is 65.7 Å². The van der Waals surface area contributed by atoms with Crippen LogP contribution in [-0.2, 0) is 9.47 Å². The smallest absolute Gasteiger partial charge is 0.411 e. The highest BCUT2D eigenvalue weighted by molar-refractivity contribution is 7.19. The number of carboxylic acid groups (broad SMARTS) is 1. The summed E-state index contributed by atoms with van der Waals surface area (Å²) in [6.45, 7) is 6.49. The van der Waals surface area contributed by atoms with Gasteiger partial charge < -0.3 is 25.2 Å². The molecule has 3 N–H and O–H groups in total. The number of rotatable bonds is 12. The zero-order valence-electron chi connectivity index (χ0n) is 21.4. The van der Waals surface area contributed by atoms with Crippen molar-refractivity contribution in [1.29, 1.82) is 0 Å². The first-order valence-electron chi connectivity index (χ1n) is 12.5. The summed E-state index contributed by atoms with van der Waals surface area (Å²) in [4.78, 5) is 27.9. The Morgan fingerprint density at radius 2 is 2.11 bits per heavy atom. The number of nitrogens with zero attached hydrogens (tertiary/aromatic N) is 4. The van der Waals surface area contributed by atoms with Gasteiger partial charge in [0.05, 0.1) is 35.5 Å². The Balaban J connectivity index is 1.50. The molecule has 1 aromatic carbocycles. The van der Waals surface area contributed by atoms with Crippen molar-refractivity contribution in [3.63, 3.8) is 0 Å². The zero-order chi connectivity index (χ0) is 26.2. The number of thiazole rings is 1. The molecule has 2 unspecified atom stereocenters. The molecule has 0 aliphatic carbocycles. The van der Waals surface area contributed by atoms with Gasteiger partial charge >= 0.3 is 6.09 Å². The summed E-state index contributed by atoms with van der Waals surface area (Å²) < 4.78 is 10.8. The standard InChI is InChI=1S/C26H34N6O4S/c1-4-17(2)22-23(37-25(31-22)28-16-20-6-5-14-36-20)21-11-12-27-24(30-21)29-18-7-9-19(10-8-18)32(26(33)34)13-15-35-3/h7-12,17,20H,4-6,13-16H2,1-3H3,(H,28,31)(H,33,34)(H,27,29,30). The van der Waals surface area contributed by atoms with Crippen LogP contribution in [0.1, 0.15) is 44.7 Å². The van der Waals surface area contributed by atoms with Crippen molar-refractivity contribution in [1.82, 2.24) is 15.0 Å². The van der Waals surface area contributed by atoms with E-state index in [-0.39, 0.29) is 12.6 Å². The molecule has 11 heteroatoms. The minimum absolute atomic E-state index is 0.239. The van der Waals surface area contributed by atoms with Crippen molar-refractivity contribution >= 4 is 39.9 Å². The first-order valence-corrected chi connectivity index (χ1v) is 13.4. The Morgan fingerprint density at radius 3 is 2.78 bits per heavy atom. The highest BCUT2D eigenvalue weighted by atomic mass is 32.1. The lowest BCUT2D eigenvalue weighted by Crippen LogP contribution is -2.32. The summed E-state index contributed by atoms with van der Waals surface area (Å²) in [5.41, 5.74) is 3.16. The second-order valence-corrected chi connectivity index (χ2v) is 9.92. The van der Waals surface area contributed by atoms with E-state index in [0.29, 0.717) is 24.2 Å². The third-order valence-corrected chi connectivity index (χ3v) is 7.36. The minimum Gasteiger partial charge on any atom is -0.465 e. The van der Waals surface area contributed by atoms with E-state index in [1.165, 1.54) is 4.90 Å². The van der Waals surface area contributed by atoms with Gasteiger partial charge in [-0.05, 0) is 55.5 Å². The van der Waals surface area contributed by atoms with Crippen LogP contribution in [0, 0.1) is 0 Å². The third kappa shape index (κ3) is 6.94. The maximum absolute atomic E-state index is 11.6. The van der Waals surface area contributed by atoms with Crippen LogP contribution in [0.15, 0.2) is 36.5 Å². The maximum atomic E-state index is 11.6. The van der Waals surface area contributed by atoms with Gasteiger partial charge in [-0.3, -0.25) is 4.90 Å². The molecule has 4 rings (SSSR count). The maximum Gasteiger partial charge on any atom is 0.411 e. The fourth-order valence-corrected chi connectivity index (χ4v) is 5.10. The van der Waals surface area contributed by atoms with Crippen molar-refractivity contribution in [2.24, 2.45) is 0 Å². The SMILES string of the molecule is CCC(C)c1nc(NCC2CCCO2)sc1-c1ccnc(Nc2ccc(N(CCOC)C(=O)O)cc2)n1. The predicted octanol–water partition coefficient (Wildman–Crippen LogP) is 5.58. The van der Waals surface area contributed by atoms with E-state index in [1.54, 1.807) is 48.9 Å². The highest BCUT2D eigenvalue weighted by Crippen LogP contribution is 2.37. The average molecular weight is 527 g/mol. The number of hydrogen-bond donors (Lipinski definition) is 3. The molecule has 10 nitrogen and oxygen atoms in total. The van der Waals surface area contributed by atoms with Crippen LogP contribution >= 0.6 is 11.3 Å². The fraction of sp³-hybridized carbons (Fsp3) is 0.462. The van der Waals surface area contributed by atoms with E-state index >= 15 is 0 Å². The van der Waals surface area contributed by atoms with E-state index in [2.05, 4.69) is 29.5 Å². The van der Waals surface area contributed by atoms with Gasteiger partial charge in [0.25, 0.3) is 0 Å². The van der Waals surface area contributed by atoms with Crippen LogP contribution in [0.5, 0.6) is 0 Å². The van der Waals surface area contributed by atoms with Crippen LogP contribution in [0.3, 0.4) is 0 Å². The molecule has 1 saturated heterocycles. The number of anilines is 4. The molecular formula is C26H34N6O4S. The third-order valence-electron chi connectivity index (χ3n) is 6.31. The van der Waals surface area contributed by atoms with Gasteiger partial charge in [-0.25, -0.2) is 19.7 Å². The molecule has 3 heterocycles. The number of benzene rings is 1. The number of nitrogens with one attached hydrogen (secondary N) is 2. The average Bonchev–Trinajstić information content (AvgIpc) is 3.58. The topological polar surface area (TPSA) is 122 Å². The Labute approximate surface area is 221 Å². The Bertz CT molecular complexity index is 1170. The quantitative estimate of drug-likeness (QED) is 0.278. The predicted molar refractivity (Wildman–Crippen MR) is 146 cm³/mol. The molecule has 0 spiro atoms. The Hall–Kier alpha value is -3.28. The van der Waals surface area contributed by atoms with Gasteiger partial charge in [-0.2, -0.15) is 0 Å².